The van der Waals surface area contributed by atoms with Gasteiger partial charge in [0, 0.05) is 11.9 Å². The lowest BCUT2D eigenvalue weighted by atomic mass is 9.90. The molecule has 1 saturated heterocycles. The van der Waals surface area contributed by atoms with Gasteiger partial charge in [-0.25, -0.2) is 9.98 Å². The molecular weight excluding hydrogens is 454 g/mol. The molecular formula is C28H31N5OS. The molecule has 0 radical (unpaired) electrons. The Morgan fingerprint density at radius 2 is 1.91 bits per heavy atom. The van der Waals surface area contributed by atoms with Crippen molar-refractivity contribution in [2.75, 3.05) is 24.7 Å². The zero-order valence-corrected chi connectivity index (χ0v) is 20.8. The topological polar surface area (TPSA) is 82.2 Å². The summed E-state index contributed by atoms with van der Waals surface area (Å²) < 4.78 is 0. The van der Waals surface area contributed by atoms with Gasteiger partial charge in [-0.05, 0) is 98.7 Å². The molecule has 1 fully saturated rings. The van der Waals surface area contributed by atoms with Crippen LogP contribution >= 0.6 is 11.8 Å². The third kappa shape index (κ3) is 5.57. The number of pyridine rings is 2. The van der Waals surface area contributed by atoms with Crippen LogP contribution in [0.25, 0.3) is 10.8 Å². The van der Waals surface area contributed by atoms with Crippen molar-refractivity contribution in [2.24, 2.45) is 4.99 Å². The Labute approximate surface area is 210 Å². The Morgan fingerprint density at radius 1 is 1.09 bits per heavy atom. The van der Waals surface area contributed by atoms with E-state index in [9.17, 15) is 4.79 Å². The van der Waals surface area contributed by atoms with Crippen LogP contribution in [0.2, 0.25) is 0 Å². The monoisotopic (exact) mass is 485 g/mol. The van der Waals surface area contributed by atoms with Gasteiger partial charge in [0.25, 0.3) is 5.56 Å². The fraction of sp³-hybridized carbons (Fsp3) is 0.321. The lowest BCUT2D eigenvalue weighted by Crippen LogP contribution is -2.26. The largest absolute Gasteiger partial charge is 0.340 e. The molecule has 3 N–H and O–H groups in total. The summed E-state index contributed by atoms with van der Waals surface area (Å²) in [5.41, 5.74) is 3.66. The van der Waals surface area contributed by atoms with Crippen molar-refractivity contribution in [1.29, 1.82) is 0 Å². The van der Waals surface area contributed by atoms with Crippen LogP contribution in [0.15, 0.2) is 75.6 Å². The van der Waals surface area contributed by atoms with Gasteiger partial charge in [0.05, 0.1) is 21.8 Å². The fourth-order valence-corrected chi connectivity index (χ4v) is 5.17. The molecule has 6 nitrogen and oxygen atoms in total. The second-order valence-corrected chi connectivity index (χ2v) is 9.80. The smallest absolute Gasteiger partial charge is 0.259 e. The second kappa shape index (κ2) is 11.1. The quantitative estimate of drug-likeness (QED) is 0.421. The summed E-state index contributed by atoms with van der Waals surface area (Å²) in [5.74, 6) is 1.14. The normalized spacial score (nSPS) is 21.2. The molecule has 0 spiro atoms. The maximum Gasteiger partial charge on any atom is 0.259 e. The molecule has 1 aromatic carbocycles. The molecule has 2 aliphatic rings. The van der Waals surface area contributed by atoms with E-state index < -0.39 is 0 Å². The Balaban J connectivity index is 1.53. The average Bonchev–Trinajstić information content (AvgIpc) is 3.02. The number of aliphatic imine (C=N–C) groups is 1. The molecule has 35 heavy (non-hydrogen) atoms. The van der Waals surface area contributed by atoms with E-state index in [1.807, 2.05) is 24.5 Å². The predicted molar refractivity (Wildman–Crippen MR) is 148 cm³/mol. The van der Waals surface area contributed by atoms with Gasteiger partial charge in [0.1, 0.15) is 5.82 Å². The second-order valence-electron chi connectivity index (χ2n) is 8.98. The first-order valence-electron chi connectivity index (χ1n) is 12.3. The number of hydrogen-bond acceptors (Lipinski definition) is 6. The van der Waals surface area contributed by atoms with Crippen molar-refractivity contribution in [2.45, 2.75) is 38.0 Å². The Hall–Kier alpha value is -3.16. The fourth-order valence-electron chi connectivity index (χ4n) is 4.70. The number of benzene rings is 1. The highest BCUT2D eigenvalue weighted by Crippen LogP contribution is 2.29. The van der Waals surface area contributed by atoms with Crippen LogP contribution in [-0.2, 0) is 0 Å². The van der Waals surface area contributed by atoms with Crippen LogP contribution < -0.4 is 16.2 Å². The van der Waals surface area contributed by atoms with Gasteiger partial charge in [-0.1, -0.05) is 24.3 Å². The molecule has 0 atom stereocenters. The number of rotatable bonds is 5. The third-order valence-electron chi connectivity index (χ3n) is 6.61. The number of hydrogen-bond donors (Lipinski definition) is 3. The number of thioether (sulfide) groups is 1. The van der Waals surface area contributed by atoms with Crippen LogP contribution in [0.4, 0.5) is 11.5 Å². The summed E-state index contributed by atoms with van der Waals surface area (Å²) in [6.07, 6.45) is 15.6. The SMILES string of the molecule is CSC1=C\CCC/C=C/C(c2cc3cc[nH]c(=O)c3c(Nc3ccc(C4CCNCC4)cc3)n2)=N\1. The summed E-state index contributed by atoms with van der Waals surface area (Å²) in [7, 11) is 0. The zero-order chi connectivity index (χ0) is 24.0. The summed E-state index contributed by atoms with van der Waals surface area (Å²) in [4.78, 5) is 25.4. The predicted octanol–water partition coefficient (Wildman–Crippen LogP) is 5.87. The Morgan fingerprint density at radius 3 is 2.71 bits per heavy atom. The van der Waals surface area contributed by atoms with Crippen molar-refractivity contribution >= 4 is 39.8 Å². The maximum absolute atomic E-state index is 12.8. The highest BCUT2D eigenvalue weighted by molar-refractivity contribution is 8.02. The number of anilines is 2. The van der Waals surface area contributed by atoms with E-state index in [1.54, 1.807) is 18.0 Å². The van der Waals surface area contributed by atoms with E-state index in [0.717, 1.165) is 59.9 Å². The van der Waals surface area contributed by atoms with Gasteiger partial charge in [-0.3, -0.25) is 4.79 Å². The molecule has 3 aromatic rings. The molecule has 180 valence electrons. The zero-order valence-electron chi connectivity index (χ0n) is 20.0. The van der Waals surface area contributed by atoms with E-state index in [4.69, 9.17) is 9.98 Å². The summed E-state index contributed by atoms with van der Waals surface area (Å²) in [6.45, 7) is 2.14. The highest BCUT2D eigenvalue weighted by atomic mass is 32.2. The summed E-state index contributed by atoms with van der Waals surface area (Å²) in [6, 6.07) is 12.4. The molecule has 0 saturated carbocycles. The van der Waals surface area contributed by atoms with E-state index in [1.165, 1.54) is 18.4 Å². The van der Waals surface area contributed by atoms with Crippen LogP contribution in [-0.4, -0.2) is 35.0 Å². The van der Waals surface area contributed by atoms with Gasteiger partial charge in [-0.15, -0.1) is 11.8 Å². The number of piperidine rings is 1. The van der Waals surface area contributed by atoms with Crippen molar-refractivity contribution in [3.05, 3.63) is 87.5 Å². The molecule has 0 amide bonds. The van der Waals surface area contributed by atoms with Gasteiger partial charge >= 0.3 is 0 Å². The minimum Gasteiger partial charge on any atom is -0.340 e. The number of fused-ring (bicyclic) bond motifs is 1. The van der Waals surface area contributed by atoms with Crippen LogP contribution in [0.1, 0.15) is 49.3 Å². The molecule has 0 unspecified atom stereocenters. The molecule has 2 aliphatic heterocycles. The Kier molecular flexibility index (Phi) is 7.45. The number of aromatic nitrogens is 2. The van der Waals surface area contributed by atoms with Crippen molar-refractivity contribution in [1.82, 2.24) is 15.3 Å². The molecule has 2 aromatic heterocycles. The van der Waals surface area contributed by atoms with Crippen LogP contribution in [0.3, 0.4) is 0 Å². The van der Waals surface area contributed by atoms with Gasteiger partial charge < -0.3 is 15.6 Å². The number of nitrogens with one attached hydrogen (secondary N) is 3. The van der Waals surface area contributed by atoms with Gasteiger partial charge in [-0.2, -0.15) is 0 Å². The number of aromatic amines is 1. The summed E-state index contributed by atoms with van der Waals surface area (Å²) in [5, 5.41) is 9.22. The average molecular weight is 486 g/mol. The summed E-state index contributed by atoms with van der Waals surface area (Å²) >= 11 is 1.64. The lowest BCUT2D eigenvalue weighted by molar-refractivity contribution is 0.460. The van der Waals surface area contributed by atoms with E-state index in [0.29, 0.717) is 17.1 Å². The van der Waals surface area contributed by atoms with E-state index in [2.05, 4.69) is 52.0 Å². The highest BCUT2D eigenvalue weighted by Gasteiger charge is 2.16. The Bertz CT molecular complexity index is 1330. The van der Waals surface area contributed by atoms with Crippen LogP contribution in [0.5, 0.6) is 0 Å². The third-order valence-corrected chi connectivity index (χ3v) is 7.29. The first-order chi connectivity index (χ1) is 17.2. The van der Waals surface area contributed by atoms with Crippen molar-refractivity contribution in [3.8, 4) is 0 Å². The standard InChI is InChI=1S/C28H31N5OS/c1-35-25-7-5-3-2-4-6-23(32-25)24-18-21-14-17-30-28(34)26(21)27(33-24)31-22-10-8-19(9-11-22)20-12-15-29-16-13-20/h4,6-11,14,17-18,20,29H,2-3,5,12-13,15-16H2,1H3,(H,30,34)(H,31,33)/b6-4+,25-7-,32-23+. The maximum atomic E-state index is 12.8. The molecule has 5 rings (SSSR count). The van der Waals surface area contributed by atoms with E-state index >= 15 is 0 Å². The molecule has 0 bridgehead atoms. The lowest BCUT2D eigenvalue weighted by Gasteiger charge is -2.23. The van der Waals surface area contributed by atoms with Gasteiger partial charge in [0.15, 0.2) is 0 Å². The molecule has 4 heterocycles. The van der Waals surface area contributed by atoms with Crippen molar-refractivity contribution < 1.29 is 0 Å². The van der Waals surface area contributed by atoms with E-state index in [-0.39, 0.29) is 5.56 Å². The van der Waals surface area contributed by atoms with Gasteiger partial charge in [0.2, 0.25) is 0 Å². The minimum atomic E-state index is -0.160. The number of allylic oxidation sites excluding steroid dienone is 3. The molecule has 7 heteroatoms. The van der Waals surface area contributed by atoms with Crippen molar-refractivity contribution in [3.63, 3.8) is 0 Å². The number of nitrogens with zero attached hydrogens (tertiary/aromatic N) is 2. The molecule has 0 aliphatic carbocycles. The first-order valence-corrected chi connectivity index (χ1v) is 13.5. The number of H-pyrrole nitrogens is 1. The first kappa shape index (κ1) is 23.6. The van der Waals surface area contributed by atoms with Crippen LogP contribution in [0, 0.1) is 0 Å². The minimum absolute atomic E-state index is 0.160.